The Bertz CT molecular complexity index is 702. The highest BCUT2D eigenvalue weighted by Gasteiger charge is 2.10. The van der Waals surface area contributed by atoms with E-state index in [2.05, 4.69) is 16.2 Å². The number of aryl methyl sites for hydroxylation is 1. The zero-order valence-corrected chi connectivity index (χ0v) is 11.6. The first-order valence-electron chi connectivity index (χ1n) is 6.35. The molecule has 0 fully saturated rings. The lowest BCUT2D eigenvalue weighted by molar-refractivity contribution is 0.0938. The molecule has 3 amide bonds. The van der Waals surface area contributed by atoms with E-state index in [9.17, 15) is 18.4 Å². The van der Waals surface area contributed by atoms with Crippen molar-refractivity contribution in [3.63, 3.8) is 0 Å². The molecular weight excluding hydrogens is 292 g/mol. The molecule has 7 heteroatoms. The van der Waals surface area contributed by atoms with Crippen molar-refractivity contribution in [2.45, 2.75) is 6.92 Å². The maximum Gasteiger partial charge on any atom is 0.338 e. The number of hydrogen-bond acceptors (Lipinski definition) is 2. The molecule has 2 rings (SSSR count). The quantitative estimate of drug-likeness (QED) is 0.747. The summed E-state index contributed by atoms with van der Waals surface area (Å²) in [6, 6.07) is 8.43. The Morgan fingerprint density at radius 1 is 0.955 bits per heavy atom. The second kappa shape index (κ2) is 6.66. The van der Waals surface area contributed by atoms with Gasteiger partial charge in [-0.25, -0.2) is 19.0 Å². The number of carbonyl (C=O) groups excluding carboxylic acids is 2. The first kappa shape index (κ1) is 15.4. The van der Waals surface area contributed by atoms with Crippen LogP contribution in [-0.4, -0.2) is 11.9 Å². The van der Waals surface area contributed by atoms with Crippen molar-refractivity contribution in [1.82, 2.24) is 10.9 Å². The summed E-state index contributed by atoms with van der Waals surface area (Å²) in [7, 11) is 0. The smallest absolute Gasteiger partial charge is 0.304 e. The highest BCUT2D eigenvalue weighted by Crippen LogP contribution is 2.14. The minimum atomic E-state index is -0.898. The normalized spacial score (nSPS) is 9.95. The van der Waals surface area contributed by atoms with Gasteiger partial charge in [0.15, 0.2) is 0 Å². The number of benzene rings is 2. The van der Waals surface area contributed by atoms with Crippen LogP contribution in [0.25, 0.3) is 0 Å². The standard InChI is InChI=1S/C15H13F2N3O2/c1-9-2-4-10(5-3-9)14(21)19-20-15(22)18-13-8-11(16)6-7-12(13)17/h2-8H,1H3,(H,19,21)(H2,18,20,22). The van der Waals surface area contributed by atoms with Crippen molar-refractivity contribution in [2.24, 2.45) is 0 Å². The van der Waals surface area contributed by atoms with Gasteiger partial charge >= 0.3 is 6.03 Å². The first-order valence-corrected chi connectivity index (χ1v) is 6.35. The molecule has 0 aliphatic heterocycles. The third-order valence-electron chi connectivity index (χ3n) is 2.78. The lowest BCUT2D eigenvalue weighted by Crippen LogP contribution is -2.44. The summed E-state index contributed by atoms with van der Waals surface area (Å²) < 4.78 is 26.3. The highest BCUT2D eigenvalue weighted by atomic mass is 19.1. The van der Waals surface area contributed by atoms with Gasteiger partial charge in [-0.05, 0) is 31.2 Å². The highest BCUT2D eigenvalue weighted by molar-refractivity contribution is 5.97. The molecule has 0 unspecified atom stereocenters. The van der Waals surface area contributed by atoms with Gasteiger partial charge in [-0.15, -0.1) is 0 Å². The van der Waals surface area contributed by atoms with Crippen molar-refractivity contribution in [3.8, 4) is 0 Å². The third-order valence-corrected chi connectivity index (χ3v) is 2.78. The van der Waals surface area contributed by atoms with E-state index in [1.807, 2.05) is 6.92 Å². The molecule has 2 aromatic carbocycles. The maximum atomic E-state index is 13.3. The van der Waals surface area contributed by atoms with Crippen LogP contribution >= 0.6 is 0 Å². The average molecular weight is 305 g/mol. The Morgan fingerprint density at radius 3 is 2.32 bits per heavy atom. The van der Waals surface area contributed by atoms with Crippen LogP contribution in [0, 0.1) is 18.6 Å². The number of halogens is 2. The Balaban J connectivity index is 1.91. The van der Waals surface area contributed by atoms with Crippen LogP contribution in [0.1, 0.15) is 15.9 Å². The summed E-state index contributed by atoms with van der Waals surface area (Å²) in [5, 5.41) is 2.09. The van der Waals surface area contributed by atoms with Gasteiger partial charge in [0.1, 0.15) is 11.6 Å². The fraction of sp³-hybridized carbons (Fsp3) is 0.0667. The molecule has 0 aliphatic rings. The van der Waals surface area contributed by atoms with Crippen LogP contribution in [-0.2, 0) is 0 Å². The van der Waals surface area contributed by atoms with Crippen LogP contribution in [0.4, 0.5) is 19.3 Å². The molecule has 0 aliphatic carbocycles. The summed E-state index contributed by atoms with van der Waals surface area (Å²) in [5.74, 6) is -2.02. The van der Waals surface area contributed by atoms with Gasteiger partial charge in [0, 0.05) is 11.6 Å². The van der Waals surface area contributed by atoms with Crippen molar-refractivity contribution in [1.29, 1.82) is 0 Å². The predicted molar refractivity (Wildman–Crippen MR) is 77.2 cm³/mol. The first-order chi connectivity index (χ1) is 10.5. The van der Waals surface area contributed by atoms with E-state index in [0.29, 0.717) is 5.56 Å². The Morgan fingerprint density at radius 2 is 1.64 bits per heavy atom. The predicted octanol–water partition coefficient (Wildman–Crippen LogP) is 2.74. The number of nitrogens with one attached hydrogen (secondary N) is 3. The topological polar surface area (TPSA) is 70.2 Å². The number of carbonyl (C=O) groups is 2. The molecule has 5 nitrogen and oxygen atoms in total. The zero-order valence-electron chi connectivity index (χ0n) is 11.6. The van der Waals surface area contributed by atoms with E-state index in [4.69, 9.17) is 0 Å². The number of amides is 3. The Labute approximate surface area is 125 Å². The minimum Gasteiger partial charge on any atom is -0.304 e. The van der Waals surface area contributed by atoms with E-state index in [1.54, 1.807) is 24.3 Å². The fourth-order valence-electron chi connectivity index (χ4n) is 1.64. The number of hydrazine groups is 1. The number of hydrogen-bond donors (Lipinski definition) is 3. The summed E-state index contributed by atoms with van der Waals surface area (Å²) in [5.41, 5.74) is 5.22. The van der Waals surface area contributed by atoms with Gasteiger partial charge in [-0.1, -0.05) is 17.7 Å². The van der Waals surface area contributed by atoms with Crippen molar-refractivity contribution < 1.29 is 18.4 Å². The maximum absolute atomic E-state index is 13.3. The van der Waals surface area contributed by atoms with Crippen LogP contribution in [0.3, 0.4) is 0 Å². The number of rotatable bonds is 2. The van der Waals surface area contributed by atoms with E-state index < -0.39 is 23.6 Å². The Kier molecular flexibility index (Phi) is 4.67. The van der Waals surface area contributed by atoms with Crippen LogP contribution in [0.5, 0.6) is 0 Å². The average Bonchev–Trinajstić information content (AvgIpc) is 2.49. The molecule has 0 aromatic heterocycles. The van der Waals surface area contributed by atoms with Gasteiger partial charge in [0.2, 0.25) is 0 Å². The molecule has 3 N–H and O–H groups in total. The Hall–Kier alpha value is -2.96. The zero-order chi connectivity index (χ0) is 16.1. The lowest BCUT2D eigenvalue weighted by Gasteiger charge is -2.09. The summed E-state index contributed by atoms with van der Waals surface area (Å²) in [6.07, 6.45) is 0. The van der Waals surface area contributed by atoms with Gasteiger partial charge in [-0.2, -0.15) is 0 Å². The second-order valence-electron chi connectivity index (χ2n) is 4.52. The molecule has 22 heavy (non-hydrogen) atoms. The fourth-order valence-corrected chi connectivity index (χ4v) is 1.64. The monoisotopic (exact) mass is 305 g/mol. The summed E-state index contributed by atoms with van der Waals surface area (Å²) in [4.78, 5) is 23.3. The van der Waals surface area contributed by atoms with Gasteiger partial charge in [0.05, 0.1) is 5.69 Å². The lowest BCUT2D eigenvalue weighted by atomic mass is 10.1. The number of urea groups is 1. The molecule has 0 spiro atoms. The molecule has 0 saturated heterocycles. The molecule has 0 heterocycles. The van der Waals surface area contributed by atoms with Gasteiger partial charge in [0.25, 0.3) is 5.91 Å². The number of anilines is 1. The van der Waals surface area contributed by atoms with Crippen molar-refractivity contribution in [2.75, 3.05) is 5.32 Å². The largest absolute Gasteiger partial charge is 0.338 e. The molecule has 114 valence electrons. The molecule has 0 saturated carbocycles. The van der Waals surface area contributed by atoms with Gasteiger partial charge in [-0.3, -0.25) is 10.2 Å². The molecule has 2 aromatic rings. The van der Waals surface area contributed by atoms with Gasteiger partial charge < -0.3 is 5.32 Å². The summed E-state index contributed by atoms with van der Waals surface area (Å²) >= 11 is 0. The summed E-state index contributed by atoms with van der Waals surface area (Å²) in [6.45, 7) is 1.88. The van der Waals surface area contributed by atoms with Crippen LogP contribution in [0.2, 0.25) is 0 Å². The van der Waals surface area contributed by atoms with E-state index in [1.165, 1.54) is 0 Å². The molecular formula is C15H13F2N3O2. The van der Waals surface area contributed by atoms with Crippen molar-refractivity contribution >= 4 is 17.6 Å². The molecule has 0 radical (unpaired) electrons. The minimum absolute atomic E-state index is 0.331. The van der Waals surface area contributed by atoms with E-state index in [-0.39, 0.29) is 5.69 Å². The van der Waals surface area contributed by atoms with E-state index in [0.717, 1.165) is 23.8 Å². The SMILES string of the molecule is Cc1ccc(C(=O)NNC(=O)Nc2cc(F)ccc2F)cc1. The van der Waals surface area contributed by atoms with Crippen molar-refractivity contribution in [3.05, 3.63) is 65.2 Å². The van der Waals surface area contributed by atoms with Crippen LogP contribution < -0.4 is 16.2 Å². The van der Waals surface area contributed by atoms with E-state index >= 15 is 0 Å². The third kappa shape index (κ3) is 4.02. The molecule has 0 bridgehead atoms. The van der Waals surface area contributed by atoms with Crippen LogP contribution in [0.15, 0.2) is 42.5 Å². The molecule has 0 atom stereocenters. The second-order valence-corrected chi connectivity index (χ2v) is 4.52.